The highest BCUT2D eigenvalue weighted by Gasteiger charge is 2.25. The predicted octanol–water partition coefficient (Wildman–Crippen LogP) is 1.03. The molecule has 2 rings (SSSR count). The minimum absolute atomic E-state index is 0.122. The maximum absolute atomic E-state index is 5.23. The zero-order valence-corrected chi connectivity index (χ0v) is 11.1. The first-order chi connectivity index (χ1) is 8.50. The van der Waals surface area contributed by atoms with Crippen molar-refractivity contribution >= 4 is 0 Å². The van der Waals surface area contributed by atoms with Crippen LogP contribution in [-0.2, 0) is 6.42 Å². The molecule has 2 heterocycles. The van der Waals surface area contributed by atoms with Gasteiger partial charge in [0.1, 0.15) is 0 Å². The molecule has 2 aromatic heterocycles. The fourth-order valence-corrected chi connectivity index (χ4v) is 1.77. The summed E-state index contributed by atoms with van der Waals surface area (Å²) in [6.45, 7) is 6.51. The maximum atomic E-state index is 5.23. The van der Waals surface area contributed by atoms with E-state index >= 15 is 0 Å². The number of likely N-dealkylation sites (N-methyl/N-ethyl adjacent to an activating group) is 1. The lowest BCUT2D eigenvalue weighted by Crippen LogP contribution is -2.39. The molecule has 0 aliphatic rings. The minimum Gasteiger partial charge on any atom is -0.339 e. The second-order valence-electron chi connectivity index (χ2n) is 5.28. The van der Waals surface area contributed by atoms with Crippen molar-refractivity contribution in [3.63, 3.8) is 0 Å². The zero-order valence-electron chi connectivity index (χ0n) is 11.1. The Morgan fingerprint density at radius 2 is 2.22 bits per heavy atom. The maximum Gasteiger partial charge on any atom is 0.228 e. The summed E-state index contributed by atoms with van der Waals surface area (Å²) in [7, 11) is 1.94. The van der Waals surface area contributed by atoms with Crippen LogP contribution in [0.25, 0.3) is 11.5 Å². The van der Waals surface area contributed by atoms with Gasteiger partial charge in [0.15, 0.2) is 5.69 Å². The molecule has 2 N–H and O–H groups in total. The third-order valence-corrected chi connectivity index (χ3v) is 2.88. The van der Waals surface area contributed by atoms with Crippen LogP contribution in [-0.4, -0.2) is 38.6 Å². The van der Waals surface area contributed by atoms with Gasteiger partial charge in [0.2, 0.25) is 11.7 Å². The standard InChI is InChI=1S/C11H18N6O/c1-11(2,3)8(12-4)5-9-14-10(16-18-9)7-6-13-17-15-7/h6,8,12H,5H2,1-4H3,(H,13,15,17). The van der Waals surface area contributed by atoms with E-state index in [0.717, 1.165) is 0 Å². The molecular formula is C11H18N6O. The molecule has 0 bridgehead atoms. The lowest BCUT2D eigenvalue weighted by molar-refractivity contribution is 0.255. The highest BCUT2D eigenvalue weighted by atomic mass is 16.5. The van der Waals surface area contributed by atoms with Gasteiger partial charge >= 0.3 is 0 Å². The number of rotatable bonds is 4. The van der Waals surface area contributed by atoms with Gasteiger partial charge in [-0.3, -0.25) is 0 Å². The molecule has 0 fully saturated rings. The summed E-state index contributed by atoms with van der Waals surface area (Å²) in [5.74, 6) is 1.06. The Morgan fingerprint density at radius 3 is 2.78 bits per heavy atom. The third-order valence-electron chi connectivity index (χ3n) is 2.88. The van der Waals surface area contributed by atoms with Gasteiger partial charge in [-0.25, -0.2) is 0 Å². The highest BCUT2D eigenvalue weighted by molar-refractivity contribution is 5.44. The number of hydrogen-bond donors (Lipinski definition) is 2. The van der Waals surface area contributed by atoms with Crippen LogP contribution in [0.2, 0.25) is 0 Å². The monoisotopic (exact) mass is 250 g/mol. The lowest BCUT2D eigenvalue weighted by Gasteiger charge is -2.29. The molecule has 98 valence electrons. The summed E-state index contributed by atoms with van der Waals surface area (Å²) in [4.78, 5) is 4.31. The lowest BCUT2D eigenvalue weighted by atomic mass is 9.85. The molecular weight excluding hydrogens is 232 g/mol. The van der Waals surface area contributed by atoms with Crippen LogP contribution < -0.4 is 5.32 Å². The quantitative estimate of drug-likeness (QED) is 0.842. The number of aromatic nitrogens is 5. The van der Waals surface area contributed by atoms with E-state index < -0.39 is 0 Å². The van der Waals surface area contributed by atoms with Crippen LogP contribution >= 0.6 is 0 Å². The van der Waals surface area contributed by atoms with Gasteiger partial charge in [0, 0.05) is 12.5 Å². The predicted molar refractivity (Wildman–Crippen MR) is 65.7 cm³/mol. The molecule has 0 spiro atoms. The van der Waals surface area contributed by atoms with Crippen LogP contribution in [0.4, 0.5) is 0 Å². The largest absolute Gasteiger partial charge is 0.339 e. The number of nitrogens with one attached hydrogen (secondary N) is 2. The number of nitrogens with zero attached hydrogens (tertiary/aromatic N) is 4. The first-order valence-corrected chi connectivity index (χ1v) is 5.86. The van der Waals surface area contributed by atoms with E-state index in [9.17, 15) is 0 Å². The summed E-state index contributed by atoms with van der Waals surface area (Å²) in [5.41, 5.74) is 0.707. The molecule has 7 nitrogen and oxygen atoms in total. The molecule has 7 heteroatoms. The van der Waals surface area contributed by atoms with Crippen LogP contribution in [0.5, 0.6) is 0 Å². The van der Waals surface area contributed by atoms with Gasteiger partial charge in [0.25, 0.3) is 0 Å². The summed E-state index contributed by atoms with van der Waals surface area (Å²) >= 11 is 0. The van der Waals surface area contributed by atoms with E-state index in [1.807, 2.05) is 7.05 Å². The Balaban J connectivity index is 2.11. The van der Waals surface area contributed by atoms with Gasteiger partial charge < -0.3 is 9.84 Å². The van der Waals surface area contributed by atoms with Gasteiger partial charge in [-0.15, -0.1) is 0 Å². The highest BCUT2D eigenvalue weighted by Crippen LogP contribution is 2.22. The average molecular weight is 250 g/mol. The van der Waals surface area contributed by atoms with Crippen molar-refractivity contribution in [2.45, 2.75) is 33.2 Å². The van der Waals surface area contributed by atoms with Crippen LogP contribution in [0.1, 0.15) is 26.7 Å². The number of hydrogen-bond acceptors (Lipinski definition) is 6. The molecule has 0 saturated heterocycles. The normalized spacial score (nSPS) is 13.8. The summed E-state index contributed by atoms with van der Waals surface area (Å²) < 4.78 is 5.23. The molecule has 0 aromatic carbocycles. The van der Waals surface area contributed by atoms with Gasteiger partial charge in [-0.1, -0.05) is 25.9 Å². The van der Waals surface area contributed by atoms with Gasteiger partial charge in [-0.05, 0) is 12.5 Å². The first kappa shape index (κ1) is 12.7. The van der Waals surface area contributed by atoms with Crippen molar-refractivity contribution in [1.29, 1.82) is 0 Å². The van der Waals surface area contributed by atoms with E-state index in [-0.39, 0.29) is 11.5 Å². The van der Waals surface area contributed by atoms with Crippen LogP contribution in [0.3, 0.4) is 0 Å². The minimum atomic E-state index is 0.122. The number of H-pyrrole nitrogens is 1. The van der Waals surface area contributed by atoms with Gasteiger partial charge in [0.05, 0.1) is 6.20 Å². The van der Waals surface area contributed by atoms with Crippen molar-refractivity contribution in [2.75, 3.05) is 7.05 Å². The molecule has 0 aliphatic carbocycles. The Hall–Kier alpha value is -1.76. The van der Waals surface area contributed by atoms with Crippen molar-refractivity contribution in [2.24, 2.45) is 5.41 Å². The van der Waals surface area contributed by atoms with E-state index in [1.165, 1.54) is 0 Å². The fraction of sp³-hybridized carbons (Fsp3) is 0.636. The third kappa shape index (κ3) is 2.73. The second kappa shape index (κ2) is 4.85. The fourth-order valence-electron chi connectivity index (χ4n) is 1.77. The van der Waals surface area contributed by atoms with E-state index in [2.05, 4.69) is 51.6 Å². The Kier molecular flexibility index (Phi) is 3.42. The summed E-state index contributed by atoms with van der Waals surface area (Å²) in [6, 6.07) is 0.267. The zero-order chi connectivity index (χ0) is 13.2. The summed E-state index contributed by atoms with van der Waals surface area (Å²) in [5, 5.41) is 17.3. The molecule has 2 aromatic rings. The van der Waals surface area contributed by atoms with Crippen molar-refractivity contribution < 1.29 is 4.52 Å². The summed E-state index contributed by atoms with van der Waals surface area (Å²) in [6.07, 6.45) is 2.25. The first-order valence-electron chi connectivity index (χ1n) is 5.86. The van der Waals surface area contributed by atoms with E-state index in [1.54, 1.807) is 6.20 Å². The second-order valence-corrected chi connectivity index (χ2v) is 5.28. The topological polar surface area (TPSA) is 92.5 Å². The molecule has 1 atom stereocenters. The molecule has 0 aliphatic heterocycles. The molecule has 0 radical (unpaired) electrons. The number of aromatic amines is 1. The Labute approximate surface area is 105 Å². The smallest absolute Gasteiger partial charge is 0.228 e. The van der Waals surface area contributed by atoms with Gasteiger partial charge in [-0.2, -0.15) is 20.4 Å². The molecule has 18 heavy (non-hydrogen) atoms. The van der Waals surface area contributed by atoms with Crippen LogP contribution in [0.15, 0.2) is 10.7 Å². The Morgan fingerprint density at radius 1 is 1.44 bits per heavy atom. The van der Waals surface area contributed by atoms with Crippen molar-refractivity contribution in [3.05, 3.63) is 12.1 Å². The van der Waals surface area contributed by atoms with Crippen molar-refractivity contribution in [1.82, 2.24) is 30.9 Å². The molecule has 0 saturated carbocycles. The molecule has 0 amide bonds. The van der Waals surface area contributed by atoms with Crippen molar-refractivity contribution in [3.8, 4) is 11.5 Å². The van der Waals surface area contributed by atoms with E-state index in [4.69, 9.17) is 4.52 Å². The van der Waals surface area contributed by atoms with Crippen LogP contribution in [0, 0.1) is 5.41 Å². The average Bonchev–Trinajstić information content (AvgIpc) is 2.94. The Bertz CT molecular complexity index is 484. The molecule has 1 unspecified atom stereocenters. The van der Waals surface area contributed by atoms with E-state index in [0.29, 0.717) is 23.8 Å². The SMILES string of the molecule is CNC(Cc1nc(-c2cn[nH]n2)no1)C(C)(C)C.